The molecule has 5 heteroatoms. The van der Waals surface area contributed by atoms with Crippen molar-refractivity contribution in [3.63, 3.8) is 0 Å². The fourth-order valence-electron chi connectivity index (χ4n) is 2.21. The van der Waals surface area contributed by atoms with E-state index in [-0.39, 0.29) is 0 Å². The Hall–Kier alpha value is -0.910. The molecule has 0 saturated heterocycles. The lowest BCUT2D eigenvalue weighted by Gasteiger charge is -2.06. The Kier molecular flexibility index (Phi) is 5.50. The van der Waals surface area contributed by atoms with E-state index in [1.54, 1.807) is 0 Å². The molecule has 0 aliphatic heterocycles. The Morgan fingerprint density at radius 1 is 1.05 bits per heavy atom. The van der Waals surface area contributed by atoms with Gasteiger partial charge in [0.25, 0.3) is 0 Å². The number of fused-ring (bicyclic) bond motifs is 1. The van der Waals surface area contributed by atoms with Gasteiger partial charge in [-0.05, 0) is 54.7 Å². The van der Waals surface area contributed by atoms with E-state index in [0.717, 1.165) is 51.6 Å². The van der Waals surface area contributed by atoms with Crippen LogP contribution >= 0.6 is 43.4 Å². The maximum atomic E-state index is 5.84. The number of ether oxygens (including phenoxy) is 1. The minimum atomic E-state index is 0.752. The molecule has 0 spiro atoms. The fourth-order valence-corrected chi connectivity index (χ4v) is 3.65. The third kappa shape index (κ3) is 3.70. The fraction of sp³-hybridized carbons (Fsp3) is 0.235. The number of aromatic nitrogens is 1. The molecule has 0 fully saturated rings. The molecule has 0 aliphatic carbocycles. The maximum Gasteiger partial charge on any atom is 0.120 e. The number of halogens is 2. The molecular formula is C17H15Br2NOS. The molecule has 0 aliphatic rings. The molecule has 0 amide bonds. The lowest BCUT2D eigenvalue weighted by Crippen LogP contribution is -1.97. The van der Waals surface area contributed by atoms with Crippen LogP contribution in [0.1, 0.15) is 12.8 Å². The van der Waals surface area contributed by atoms with Crippen LogP contribution in [-0.2, 0) is 0 Å². The molecule has 0 unspecified atom stereocenters. The normalized spacial score (nSPS) is 11.0. The highest BCUT2D eigenvalue weighted by Crippen LogP contribution is 2.33. The van der Waals surface area contributed by atoms with Gasteiger partial charge in [-0.25, -0.2) is 0 Å². The number of hydrogen-bond acceptors (Lipinski definition) is 3. The van der Waals surface area contributed by atoms with E-state index in [2.05, 4.69) is 60.5 Å². The van der Waals surface area contributed by atoms with E-state index < -0.39 is 0 Å². The Morgan fingerprint density at radius 3 is 2.64 bits per heavy atom. The summed E-state index contributed by atoms with van der Waals surface area (Å²) in [4.78, 5) is 0. The van der Waals surface area contributed by atoms with Crippen molar-refractivity contribution in [3.8, 4) is 17.0 Å². The highest BCUT2D eigenvalue weighted by atomic mass is 79.9. The molecule has 22 heavy (non-hydrogen) atoms. The first-order chi connectivity index (χ1) is 10.8. The molecule has 0 radical (unpaired) electrons. The number of benzene rings is 2. The smallest absolute Gasteiger partial charge is 0.120 e. The van der Waals surface area contributed by atoms with Gasteiger partial charge >= 0.3 is 0 Å². The van der Waals surface area contributed by atoms with Crippen LogP contribution in [0, 0.1) is 0 Å². The monoisotopic (exact) mass is 439 g/mol. The van der Waals surface area contributed by atoms with Gasteiger partial charge < -0.3 is 4.74 Å². The summed E-state index contributed by atoms with van der Waals surface area (Å²) in [6.07, 6.45) is 2.19. The summed E-state index contributed by atoms with van der Waals surface area (Å²) < 4.78 is 12.7. The number of hydrogen-bond donors (Lipinski definition) is 0. The second-order valence-corrected chi connectivity index (χ2v) is 7.45. The van der Waals surface area contributed by atoms with E-state index >= 15 is 0 Å². The zero-order chi connectivity index (χ0) is 15.4. The van der Waals surface area contributed by atoms with Gasteiger partial charge in [-0.2, -0.15) is 4.37 Å². The summed E-state index contributed by atoms with van der Waals surface area (Å²) in [5, 5.41) is 2.18. The molecule has 0 saturated carbocycles. The van der Waals surface area contributed by atoms with Gasteiger partial charge in [-0.1, -0.05) is 44.0 Å². The Morgan fingerprint density at radius 2 is 1.86 bits per heavy atom. The largest absolute Gasteiger partial charge is 0.494 e. The minimum absolute atomic E-state index is 0.752. The highest BCUT2D eigenvalue weighted by molar-refractivity contribution is 9.10. The number of unbranched alkanes of at least 4 members (excludes halogenated alkanes) is 1. The van der Waals surface area contributed by atoms with Gasteiger partial charge in [0.2, 0.25) is 0 Å². The van der Waals surface area contributed by atoms with Crippen molar-refractivity contribution >= 4 is 53.5 Å². The summed E-state index contributed by atoms with van der Waals surface area (Å²) in [6.45, 7) is 0.752. The lowest BCUT2D eigenvalue weighted by atomic mass is 10.1. The van der Waals surface area contributed by atoms with Crippen LogP contribution in [0.4, 0.5) is 0 Å². The van der Waals surface area contributed by atoms with E-state index in [0.29, 0.717) is 0 Å². The Balaban J connectivity index is 1.86. The third-order valence-electron chi connectivity index (χ3n) is 3.36. The van der Waals surface area contributed by atoms with Crippen LogP contribution in [-0.4, -0.2) is 16.3 Å². The third-order valence-corrected chi connectivity index (χ3v) is 5.27. The number of rotatable bonds is 6. The predicted molar refractivity (Wildman–Crippen MR) is 101 cm³/mol. The van der Waals surface area contributed by atoms with Crippen LogP contribution in [0.2, 0.25) is 0 Å². The first kappa shape index (κ1) is 16.0. The minimum Gasteiger partial charge on any atom is -0.494 e. The van der Waals surface area contributed by atoms with Crippen molar-refractivity contribution in [1.29, 1.82) is 0 Å². The molecule has 0 atom stereocenters. The summed E-state index contributed by atoms with van der Waals surface area (Å²) in [6, 6.07) is 14.5. The summed E-state index contributed by atoms with van der Waals surface area (Å²) in [7, 11) is 0. The highest BCUT2D eigenvalue weighted by Gasteiger charge is 2.09. The van der Waals surface area contributed by atoms with Crippen LogP contribution in [0.15, 0.2) is 46.9 Å². The molecule has 0 bridgehead atoms. The molecule has 3 rings (SSSR count). The first-order valence-corrected chi connectivity index (χ1v) is 9.81. The average Bonchev–Trinajstić information content (AvgIpc) is 2.96. The standard InChI is InChI=1S/C17H15Br2NOS/c18-9-1-2-10-21-14-7-8-16-15(11-14)17(20-22-16)12-3-5-13(19)6-4-12/h3-8,11H,1-2,9-10H2. The van der Waals surface area contributed by atoms with Gasteiger partial charge in [0.1, 0.15) is 5.75 Å². The van der Waals surface area contributed by atoms with Crippen molar-refractivity contribution in [3.05, 3.63) is 46.9 Å². The van der Waals surface area contributed by atoms with Crippen LogP contribution < -0.4 is 4.74 Å². The summed E-state index contributed by atoms with van der Waals surface area (Å²) in [5.41, 5.74) is 2.16. The summed E-state index contributed by atoms with van der Waals surface area (Å²) >= 11 is 8.44. The molecule has 0 N–H and O–H groups in total. The van der Waals surface area contributed by atoms with E-state index in [1.807, 2.05) is 18.2 Å². The van der Waals surface area contributed by atoms with E-state index in [4.69, 9.17) is 4.74 Å². The average molecular weight is 441 g/mol. The van der Waals surface area contributed by atoms with Gasteiger partial charge in [0.05, 0.1) is 17.0 Å². The molecule has 3 aromatic rings. The molecule has 1 aromatic heterocycles. The van der Waals surface area contributed by atoms with Crippen molar-refractivity contribution in [2.75, 3.05) is 11.9 Å². The quantitative estimate of drug-likeness (QED) is 0.332. The Labute approximate surface area is 150 Å². The second-order valence-electron chi connectivity index (χ2n) is 4.94. The van der Waals surface area contributed by atoms with Crippen molar-refractivity contribution in [2.24, 2.45) is 0 Å². The topological polar surface area (TPSA) is 22.1 Å². The number of alkyl halides is 1. The summed E-state index contributed by atoms with van der Waals surface area (Å²) in [5.74, 6) is 0.917. The first-order valence-electron chi connectivity index (χ1n) is 7.12. The van der Waals surface area contributed by atoms with Crippen LogP contribution in [0.25, 0.3) is 21.3 Å². The molecular weight excluding hydrogens is 426 g/mol. The molecule has 2 aromatic carbocycles. The molecule has 1 heterocycles. The van der Waals surface area contributed by atoms with E-state index in [1.165, 1.54) is 16.2 Å². The van der Waals surface area contributed by atoms with Crippen molar-refractivity contribution in [1.82, 2.24) is 4.37 Å². The van der Waals surface area contributed by atoms with Crippen molar-refractivity contribution < 1.29 is 4.74 Å². The van der Waals surface area contributed by atoms with Gasteiger partial charge in [-0.3, -0.25) is 0 Å². The maximum absolute atomic E-state index is 5.84. The van der Waals surface area contributed by atoms with Gasteiger partial charge in [0, 0.05) is 20.8 Å². The van der Waals surface area contributed by atoms with Gasteiger partial charge in [0.15, 0.2) is 0 Å². The van der Waals surface area contributed by atoms with E-state index in [9.17, 15) is 0 Å². The van der Waals surface area contributed by atoms with Gasteiger partial charge in [-0.15, -0.1) is 0 Å². The molecule has 114 valence electrons. The zero-order valence-electron chi connectivity index (χ0n) is 11.9. The van der Waals surface area contributed by atoms with Crippen LogP contribution in [0.3, 0.4) is 0 Å². The number of nitrogens with zero attached hydrogens (tertiary/aromatic N) is 1. The predicted octanol–water partition coefficient (Wildman–Crippen LogP) is 6.28. The van der Waals surface area contributed by atoms with Crippen molar-refractivity contribution in [2.45, 2.75) is 12.8 Å². The van der Waals surface area contributed by atoms with Crippen LogP contribution in [0.5, 0.6) is 5.75 Å². The Bertz CT molecular complexity index is 755. The zero-order valence-corrected chi connectivity index (χ0v) is 15.9. The second kappa shape index (κ2) is 7.57. The lowest BCUT2D eigenvalue weighted by molar-refractivity contribution is 0.310. The SMILES string of the molecule is BrCCCCOc1ccc2snc(-c3ccc(Br)cc3)c2c1. The molecule has 2 nitrogen and oxygen atoms in total.